The molecule has 3 rings (SSSR count). The molecule has 0 saturated heterocycles. The molecule has 0 bridgehead atoms. The molecular formula is C19H20N2O3. The summed E-state index contributed by atoms with van der Waals surface area (Å²) in [7, 11) is 3.23. The van der Waals surface area contributed by atoms with E-state index >= 15 is 0 Å². The van der Waals surface area contributed by atoms with Gasteiger partial charge < -0.3 is 9.47 Å². The zero-order valence-corrected chi connectivity index (χ0v) is 14.0. The molecule has 5 nitrogen and oxygen atoms in total. The van der Waals surface area contributed by atoms with E-state index in [1.807, 2.05) is 48.5 Å². The van der Waals surface area contributed by atoms with Gasteiger partial charge in [-0.15, -0.1) is 0 Å². The van der Waals surface area contributed by atoms with Crippen LogP contribution in [0.25, 0.3) is 0 Å². The van der Waals surface area contributed by atoms with Gasteiger partial charge in [0.1, 0.15) is 11.5 Å². The monoisotopic (exact) mass is 324 g/mol. The Morgan fingerprint density at radius 3 is 2.50 bits per heavy atom. The minimum atomic E-state index is -0.0921. The van der Waals surface area contributed by atoms with Crippen molar-refractivity contribution in [3.63, 3.8) is 0 Å². The summed E-state index contributed by atoms with van der Waals surface area (Å²) in [5.74, 6) is 1.33. The van der Waals surface area contributed by atoms with Crippen LogP contribution < -0.4 is 9.47 Å². The molecule has 0 aromatic heterocycles. The fraction of sp³-hybridized carbons (Fsp3) is 0.263. The molecule has 1 aliphatic heterocycles. The summed E-state index contributed by atoms with van der Waals surface area (Å²) in [6.07, 6.45) is 0.645. The number of hydrogen-bond donors (Lipinski definition) is 0. The molecule has 24 heavy (non-hydrogen) atoms. The van der Waals surface area contributed by atoms with Crippen molar-refractivity contribution < 1.29 is 14.3 Å². The van der Waals surface area contributed by atoms with Gasteiger partial charge in [0.2, 0.25) is 5.91 Å². The first-order chi connectivity index (χ1) is 11.6. The second kappa shape index (κ2) is 6.74. The number of rotatable bonds is 4. The van der Waals surface area contributed by atoms with Gasteiger partial charge in [0.25, 0.3) is 0 Å². The van der Waals surface area contributed by atoms with E-state index in [2.05, 4.69) is 5.10 Å². The Morgan fingerprint density at radius 1 is 1.12 bits per heavy atom. The van der Waals surface area contributed by atoms with Crippen LogP contribution in [0.2, 0.25) is 0 Å². The van der Waals surface area contributed by atoms with E-state index in [1.165, 1.54) is 6.92 Å². The average molecular weight is 324 g/mol. The molecule has 1 atom stereocenters. The van der Waals surface area contributed by atoms with Gasteiger partial charge in [0.15, 0.2) is 0 Å². The summed E-state index contributed by atoms with van der Waals surface area (Å²) in [6, 6.07) is 15.5. The maximum atomic E-state index is 12.0. The first-order valence-corrected chi connectivity index (χ1v) is 7.78. The summed E-state index contributed by atoms with van der Waals surface area (Å²) in [6.45, 7) is 1.54. The molecule has 0 fully saturated rings. The lowest BCUT2D eigenvalue weighted by Gasteiger charge is -2.20. The van der Waals surface area contributed by atoms with Crippen LogP contribution in [0.15, 0.2) is 53.6 Å². The first-order valence-electron chi connectivity index (χ1n) is 7.78. The number of carbonyl (C=O) groups excluding carboxylic acids is 1. The number of hydrogen-bond acceptors (Lipinski definition) is 4. The van der Waals surface area contributed by atoms with E-state index in [0.717, 1.165) is 22.6 Å². The number of ether oxygens (including phenoxy) is 2. The van der Waals surface area contributed by atoms with E-state index in [0.29, 0.717) is 12.2 Å². The van der Waals surface area contributed by atoms with Gasteiger partial charge in [-0.25, -0.2) is 5.01 Å². The topological polar surface area (TPSA) is 51.1 Å². The van der Waals surface area contributed by atoms with E-state index in [9.17, 15) is 4.79 Å². The highest BCUT2D eigenvalue weighted by atomic mass is 16.5. The Balaban J connectivity index is 1.98. The Bertz CT molecular complexity index is 771. The highest BCUT2D eigenvalue weighted by Gasteiger charge is 2.32. The Kier molecular flexibility index (Phi) is 4.51. The normalized spacial score (nSPS) is 16.7. The summed E-state index contributed by atoms with van der Waals surface area (Å²) < 4.78 is 10.7. The number of methoxy groups -OCH3 is 2. The molecule has 1 heterocycles. The molecule has 0 radical (unpaired) electrons. The molecule has 0 N–H and O–H groups in total. The van der Waals surface area contributed by atoms with Crippen molar-refractivity contribution in [1.29, 1.82) is 0 Å². The van der Waals surface area contributed by atoms with Crippen molar-refractivity contribution >= 4 is 11.6 Å². The Labute approximate surface area is 141 Å². The van der Waals surface area contributed by atoms with E-state index < -0.39 is 0 Å². The standard InChI is InChI=1S/C19H20N2O3/c1-13(22)21-18(14-7-5-4-6-8-14)12-17(20-21)16-10-9-15(23-2)11-19(16)24-3/h4-11,18H,12H2,1-3H3. The third kappa shape index (κ3) is 2.97. The van der Waals surface area contributed by atoms with Crippen molar-refractivity contribution in [3.05, 3.63) is 59.7 Å². The highest BCUT2D eigenvalue weighted by molar-refractivity contribution is 6.05. The summed E-state index contributed by atoms with van der Waals surface area (Å²) in [5, 5.41) is 6.11. The van der Waals surface area contributed by atoms with Gasteiger partial charge in [-0.05, 0) is 17.7 Å². The third-order valence-electron chi connectivity index (χ3n) is 4.14. The van der Waals surface area contributed by atoms with E-state index in [1.54, 1.807) is 19.2 Å². The van der Waals surface area contributed by atoms with Gasteiger partial charge >= 0.3 is 0 Å². The summed E-state index contributed by atoms with van der Waals surface area (Å²) in [4.78, 5) is 12.0. The van der Waals surface area contributed by atoms with Crippen LogP contribution in [0.3, 0.4) is 0 Å². The predicted octanol–water partition coefficient (Wildman–Crippen LogP) is 3.40. The predicted molar refractivity (Wildman–Crippen MR) is 92.4 cm³/mol. The van der Waals surface area contributed by atoms with Crippen LogP contribution in [0.1, 0.15) is 30.5 Å². The molecule has 2 aromatic carbocycles. The lowest BCUT2D eigenvalue weighted by Crippen LogP contribution is -2.24. The fourth-order valence-corrected chi connectivity index (χ4v) is 2.94. The van der Waals surface area contributed by atoms with Crippen LogP contribution in [-0.2, 0) is 4.79 Å². The number of benzene rings is 2. The molecule has 0 spiro atoms. The molecule has 1 unspecified atom stereocenters. The van der Waals surface area contributed by atoms with Gasteiger partial charge in [-0.2, -0.15) is 5.10 Å². The number of carbonyl (C=O) groups is 1. The number of amides is 1. The van der Waals surface area contributed by atoms with E-state index in [-0.39, 0.29) is 11.9 Å². The van der Waals surface area contributed by atoms with Gasteiger partial charge in [0, 0.05) is 25.0 Å². The molecule has 5 heteroatoms. The largest absolute Gasteiger partial charge is 0.497 e. The first kappa shape index (κ1) is 16.1. The Hall–Kier alpha value is -2.82. The number of hydrazone groups is 1. The molecule has 0 saturated carbocycles. The lowest BCUT2D eigenvalue weighted by atomic mass is 9.98. The zero-order chi connectivity index (χ0) is 17.1. The Morgan fingerprint density at radius 2 is 1.88 bits per heavy atom. The third-order valence-corrected chi connectivity index (χ3v) is 4.14. The minimum Gasteiger partial charge on any atom is -0.497 e. The SMILES string of the molecule is COc1ccc(C2=NN(C(C)=O)C(c3ccccc3)C2)c(OC)c1. The van der Waals surface area contributed by atoms with Crippen LogP contribution in [0.4, 0.5) is 0 Å². The lowest BCUT2D eigenvalue weighted by molar-refractivity contribution is -0.130. The average Bonchev–Trinajstić information content (AvgIpc) is 3.07. The maximum absolute atomic E-state index is 12.0. The highest BCUT2D eigenvalue weighted by Crippen LogP contribution is 2.35. The second-order valence-electron chi connectivity index (χ2n) is 5.61. The summed E-state index contributed by atoms with van der Waals surface area (Å²) in [5.41, 5.74) is 2.78. The van der Waals surface area contributed by atoms with Crippen LogP contribution in [0, 0.1) is 0 Å². The molecule has 2 aromatic rings. The van der Waals surface area contributed by atoms with Crippen molar-refractivity contribution in [2.24, 2.45) is 5.10 Å². The van der Waals surface area contributed by atoms with Crippen LogP contribution in [-0.4, -0.2) is 30.8 Å². The van der Waals surface area contributed by atoms with Gasteiger partial charge in [-0.3, -0.25) is 4.79 Å². The maximum Gasteiger partial charge on any atom is 0.240 e. The molecule has 0 aliphatic carbocycles. The van der Waals surface area contributed by atoms with Crippen molar-refractivity contribution in [2.45, 2.75) is 19.4 Å². The molecule has 1 amide bonds. The fourth-order valence-electron chi connectivity index (χ4n) is 2.94. The summed E-state index contributed by atoms with van der Waals surface area (Å²) >= 11 is 0. The molecule has 124 valence electrons. The van der Waals surface area contributed by atoms with Gasteiger partial charge in [-0.1, -0.05) is 30.3 Å². The van der Waals surface area contributed by atoms with Gasteiger partial charge in [0.05, 0.1) is 26.0 Å². The smallest absolute Gasteiger partial charge is 0.240 e. The van der Waals surface area contributed by atoms with Crippen molar-refractivity contribution in [2.75, 3.05) is 14.2 Å². The molecule has 1 aliphatic rings. The van der Waals surface area contributed by atoms with Crippen LogP contribution in [0.5, 0.6) is 11.5 Å². The minimum absolute atomic E-state index is 0.0775. The second-order valence-corrected chi connectivity index (χ2v) is 5.61. The number of nitrogens with zero attached hydrogens (tertiary/aromatic N) is 2. The van der Waals surface area contributed by atoms with E-state index in [4.69, 9.17) is 9.47 Å². The molecular weight excluding hydrogens is 304 g/mol. The zero-order valence-electron chi connectivity index (χ0n) is 14.0. The van der Waals surface area contributed by atoms with Crippen molar-refractivity contribution in [3.8, 4) is 11.5 Å². The quantitative estimate of drug-likeness (QED) is 0.866. The van der Waals surface area contributed by atoms with Crippen molar-refractivity contribution in [1.82, 2.24) is 5.01 Å². The van der Waals surface area contributed by atoms with Crippen LogP contribution >= 0.6 is 0 Å².